The molecule has 0 aliphatic carbocycles. The molecule has 0 aromatic rings. The van der Waals surface area contributed by atoms with Gasteiger partial charge in [0.1, 0.15) is 0 Å². The first-order chi connectivity index (χ1) is 9.77. The van der Waals surface area contributed by atoms with Gasteiger partial charge in [-0.05, 0) is 25.9 Å². The fraction of sp³-hybridized carbons (Fsp3) is 1.00. The quantitative estimate of drug-likeness (QED) is 0.203. The van der Waals surface area contributed by atoms with Gasteiger partial charge >= 0.3 is 0 Å². The summed E-state index contributed by atoms with van der Waals surface area (Å²) < 4.78 is 0. The molecule has 0 saturated heterocycles. The second kappa shape index (κ2) is 17.5. The van der Waals surface area contributed by atoms with E-state index in [0.717, 1.165) is 0 Å². The summed E-state index contributed by atoms with van der Waals surface area (Å²) in [5.74, 6) is 0. The molecule has 0 spiro atoms. The fourth-order valence-corrected chi connectivity index (χ4v) is 3.66. The summed E-state index contributed by atoms with van der Waals surface area (Å²) in [6, 6.07) is 0. The molecule has 0 aliphatic heterocycles. The molecule has 1 heteroatoms. The van der Waals surface area contributed by atoms with Gasteiger partial charge in [-0.3, -0.25) is 0 Å². The van der Waals surface area contributed by atoms with Crippen molar-refractivity contribution in [1.82, 2.24) is 0 Å². The van der Waals surface area contributed by atoms with Crippen LogP contribution in [0, 0.1) is 0 Å². The van der Waals surface area contributed by atoms with Gasteiger partial charge in [0, 0.05) is 0 Å². The summed E-state index contributed by atoms with van der Waals surface area (Å²) >= 11 is 0. The van der Waals surface area contributed by atoms with Crippen molar-refractivity contribution in [2.45, 2.75) is 103 Å². The summed E-state index contributed by atoms with van der Waals surface area (Å²) in [5, 5.41) is 0. The van der Waals surface area contributed by atoms with Gasteiger partial charge in [-0.1, -0.05) is 96.8 Å². The Bertz CT molecular complexity index is 165. The Labute approximate surface area is 131 Å². The Balaban J connectivity index is 2.92. The first-order valence-corrected chi connectivity index (χ1v) is 11.8. The van der Waals surface area contributed by atoms with Crippen molar-refractivity contribution < 1.29 is 0 Å². The van der Waals surface area contributed by atoms with Crippen LogP contribution in [0.4, 0.5) is 0 Å². The van der Waals surface area contributed by atoms with E-state index in [-0.39, 0.29) is 0 Å². The third-order valence-corrected chi connectivity index (χ3v) is 5.42. The summed E-state index contributed by atoms with van der Waals surface area (Å²) in [4.78, 5) is 0. The summed E-state index contributed by atoms with van der Waals surface area (Å²) in [6.45, 7) is 7.10. The molecule has 0 aliphatic rings. The zero-order valence-corrected chi connectivity index (χ0v) is 15.7. The van der Waals surface area contributed by atoms with Crippen LogP contribution in [0.1, 0.15) is 103 Å². The maximum absolute atomic E-state index is 2.40. The Morgan fingerprint density at radius 1 is 0.450 bits per heavy atom. The number of hydrogen-bond donors (Lipinski definition) is 0. The zero-order chi connectivity index (χ0) is 14.9. The van der Waals surface area contributed by atoms with Crippen molar-refractivity contribution >= 4 is 7.92 Å². The van der Waals surface area contributed by atoms with Crippen molar-refractivity contribution in [3.8, 4) is 0 Å². The van der Waals surface area contributed by atoms with Crippen molar-refractivity contribution in [2.75, 3.05) is 19.5 Å². The van der Waals surface area contributed by atoms with Crippen molar-refractivity contribution in [2.24, 2.45) is 0 Å². The van der Waals surface area contributed by atoms with E-state index in [4.69, 9.17) is 0 Å². The largest absolute Gasteiger partial charge is 0.113 e. The van der Waals surface area contributed by atoms with E-state index in [1.165, 1.54) is 102 Å². The lowest BCUT2D eigenvalue weighted by Crippen LogP contribution is -1.85. The minimum atomic E-state index is 0.358. The average molecular weight is 301 g/mol. The lowest BCUT2D eigenvalue weighted by Gasteiger charge is -2.05. The molecular weight excluding hydrogens is 259 g/mol. The first kappa shape index (κ1) is 20.4. The van der Waals surface area contributed by atoms with Crippen molar-refractivity contribution in [3.05, 3.63) is 0 Å². The van der Waals surface area contributed by atoms with E-state index in [1.54, 1.807) is 0 Å². The van der Waals surface area contributed by atoms with Gasteiger partial charge in [-0.25, -0.2) is 0 Å². The highest BCUT2D eigenvalue weighted by Gasteiger charge is 1.95. The molecule has 0 fully saturated rings. The van der Waals surface area contributed by atoms with Crippen LogP contribution in [0.15, 0.2) is 0 Å². The average Bonchev–Trinajstić information content (AvgIpc) is 2.43. The molecule has 0 radical (unpaired) electrons. The highest BCUT2D eigenvalue weighted by molar-refractivity contribution is 7.55. The smallest absolute Gasteiger partial charge is 0.0331 e. The van der Waals surface area contributed by atoms with E-state index < -0.39 is 0 Å². The van der Waals surface area contributed by atoms with Crippen LogP contribution in [0.3, 0.4) is 0 Å². The predicted octanol–water partition coefficient (Wildman–Crippen LogP) is 7.60. The van der Waals surface area contributed by atoms with E-state index in [2.05, 4.69) is 20.3 Å². The van der Waals surface area contributed by atoms with Gasteiger partial charge in [0.05, 0.1) is 0 Å². The Hall–Kier alpha value is 0.430. The summed E-state index contributed by atoms with van der Waals surface area (Å²) in [5.41, 5.74) is 0. The van der Waals surface area contributed by atoms with Crippen LogP contribution in [0.2, 0.25) is 0 Å². The lowest BCUT2D eigenvalue weighted by molar-refractivity contribution is 0.535. The Morgan fingerprint density at radius 2 is 0.750 bits per heavy atom. The minimum Gasteiger partial charge on any atom is -0.113 e. The molecule has 0 aromatic carbocycles. The Kier molecular flexibility index (Phi) is 17.9. The van der Waals surface area contributed by atoms with Gasteiger partial charge in [0.2, 0.25) is 0 Å². The number of hydrogen-bond acceptors (Lipinski definition) is 0. The van der Waals surface area contributed by atoms with Crippen LogP contribution < -0.4 is 0 Å². The second-order valence-corrected chi connectivity index (χ2v) is 9.36. The standard InChI is InChI=1S/C19H41P/c1-4-5-6-7-8-9-10-11-12-13-14-15-16-17-18-19-20(2)3/h4-19H2,1-3H3. The molecule has 20 heavy (non-hydrogen) atoms. The molecule has 0 N–H and O–H groups in total. The van der Waals surface area contributed by atoms with Gasteiger partial charge < -0.3 is 0 Å². The second-order valence-electron chi connectivity index (χ2n) is 6.75. The van der Waals surface area contributed by atoms with E-state index in [0.29, 0.717) is 7.92 Å². The highest BCUT2D eigenvalue weighted by Crippen LogP contribution is 2.26. The maximum atomic E-state index is 2.40. The predicted molar refractivity (Wildman–Crippen MR) is 98.6 cm³/mol. The van der Waals surface area contributed by atoms with Crippen LogP contribution in [0.5, 0.6) is 0 Å². The van der Waals surface area contributed by atoms with E-state index in [1.807, 2.05) is 0 Å². The van der Waals surface area contributed by atoms with Crippen LogP contribution in [-0.4, -0.2) is 19.5 Å². The lowest BCUT2D eigenvalue weighted by atomic mass is 10.0. The molecule has 0 nitrogen and oxygen atoms in total. The SMILES string of the molecule is CCCCCCCCCCCCCCCCCP(C)C. The van der Waals surface area contributed by atoms with Gasteiger partial charge in [-0.2, -0.15) is 0 Å². The molecule has 0 amide bonds. The topological polar surface area (TPSA) is 0 Å². The summed E-state index contributed by atoms with van der Waals surface area (Å²) in [7, 11) is 0.358. The van der Waals surface area contributed by atoms with E-state index >= 15 is 0 Å². The van der Waals surface area contributed by atoms with E-state index in [9.17, 15) is 0 Å². The normalized spacial score (nSPS) is 11.4. The minimum absolute atomic E-state index is 0.358. The Morgan fingerprint density at radius 3 is 1.05 bits per heavy atom. The monoisotopic (exact) mass is 300 g/mol. The highest BCUT2D eigenvalue weighted by atomic mass is 31.1. The maximum Gasteiger partial charge on any atom is -0.0331 e. The molecule has 0 saturated carbocycles. The van der Waals surface area contributed by atoms with Crippen molar-refractivity contribution in [3.63, 3.8) is 0 Å². The van der Waals surface area contributed by atoms with Gasteiger partial charge in [0.15, 0.2) is 0 Å². The zero-order valence-electron chi connectivity index (χ0n) is 14.8. The molecule has 0 rings (SSSR count). The number of unbranched alkanes of at least 4 members (excludes halogenated alkanes) is 14. The van der Waals surface area contributed by atoms with Crippen LogP contribution in [0.25, 0.3) is 0 Å². The van der Waals surface area contributed by atoms with Crippen molar-refractivity contribution in [1.29, 1.82) is 0 Å². The fourth-order valence-electron chi connectivity index (χ4n) is 2.80. The number of rotatable bonds is 16. The molecule has 0 heterocycles. The summed E-state index contributed by atoms with van der Waals surface area (Å²) in [6.07, 6.45) is 23.6. The molecule has 0 aromatic heterocycles. The third kappa shape index (κ3) is 18.4. The first-order valence-electron chi connectivity index (χ1n) is 9.42. The van der Waals surface area contributed by atoms with Gasteiger partial charge in [-0.15, -0.1) is 7.92 Å². The molecule has 0 bridgehead atoms. The van der Waals surface area contributed by atoms with Crippen LogP contribution >= 0.6 is 7.92 Å². The van der Waals surface area contributed by atoms with Gasteiger partial charge in [0.25, 0.3) is 0 Å². The molecule has 122 valence electrons. The van der Waals surface area contributed by atoms with Crippen LogP contribution in [-0.2, 0) is 0 Å². The molecule has 0 unspecified atom stereocenters. The molecule has 0 atom stereocenters. The molecular formula is C19H41P. The third-order valence-electron chi connectivity index (χ3n) is 4.21.